The van der Waals surface area contributed by atoms with Crippen LogP contribution in [0, 0.1) is 11.6 Å². The average molecular weight is 281 g/mol. The Labute approximate surface area is 116 Å². The van der Waals surface area contributed by atoms with Crippen molar-refractivity contribution in [3.8, 4) is 0 Å². The first-order valence-electron chi connectivity index (χ1n) is 6.25. The quantitative estimate of drug-likeness (QED) is 0.909. The van der Waals surface area contributed by atoms with Crippen LogP contribution in [0.1, 0.15) is 17.2 Å². The topological polar surface area (TPSA) is 41.3 Å². The molecule has 0 saturated heterocycles. The summed E-state index contributed by atoms with van der Waals surface area (Å²) in [6.07, 6.45) is 2.52. The highest BCUT2D eigenvalue weighted by Gasteiger charge is 2.16. The van der Waals surface area contributed by atoms with Gasteiger partial charge in [-0.2, -0.15) is 5.10 Å². The summed E-state index contributed by atoms with van der Waals surface area (Å²) in [5, 5.41) is 14.1. The number of aliphatic hydroxyl groups is 1. The van der Waals surface area contributed by atoms with Gasteiger partial charge in [0.05, 0.1) is 12.3 Å². The van der Waals surface area contributed by atoms with Gasteiger partial charge in [-0.15, -0.1) is 0 Å². The summed E-state index contributed by atoms with van der Waals surface area (Å²) < 4.78 is 28.3. The highest BCUT2D eigenvalue weighted by atomic mass is 19.1. The van der Waals surface area contributed by atoms with E-state index in [1.165, 1.54) is 0 Å². The van der Waals surface area contributed by atoms with Gasteiger partial charge in [0.15, 0.2) is 0 Å². The fraction of sp³-hybridized carbons (Fsp3) is 0.357. The molecule has 1 unspecified atom stereocenters. The number of nitrogens with zero attached hydrogens (tertiary/aromatic N) is 3. The molecule has 0 amide bonds. The second kappa shape index (κ2) is 6.11. The van der Waals surface area contributed by atoms with Crippen molar-refractivity contribution in [3.05, 3.63) is 53.4 Å². The van der Waals surface area contributed by atoms with Crippen molar-refractivity contribution in [2.24, 2.45) is 7.05 Å². The molecule has 0 radical (unpaired) electrons. The molecule has 0 spiro atoms. The van der Waals surface area contributed by atoms with E-state index in [-0.39, 0.29) is 12.1 Å². The van der Waals surface area contributed by atoms with Crippen LogP contribution in [0.5, 0.6) is 0 Å². The zero-order valence-corrected chi connectivity index (χ0v) is 11.4. The number of hydrogen-bond acceptors (Lipinski definition) is 3. The Morgan fingerprint density at radius 3 is 2.80 bits per heavy atom. The molecule has 1 aromatic carbocycles. The molecule has 1 atom stereocenters. The zero-order chi connectivity index (χ0) is 14.7. The molecule has 0 bridgehead atoms. The number of aromatic nitrogens is 2. The van der Waals surface area contributed by atoms with E-state index in [1.807, 2.05) is 18.1 Å². The van der Waals surface area contributed by atoms with Gasteiger partial charge in [0.25, 0.3) is 0 Å². The van der Waals surface area contributed by atoms with Gasteiger partial charge in [0, 0.05) is 37.5 Å². The molecule has 0 fully saturated rings. The normalized spacial score (nSPS) is 12.9. The number of likely N-dealkylation sites (N-methyl/N-ethyl adjacent to an activating group) is 1. The second-order valence-corrected chi connectivity index (χ2v) is 4.90. The van der Waals surface area contributed by atoms with Crippen LogP contribution in [-0.2, 0) is 13.6 Å². The molecule has 4 nitrogen and oxygen atoms in total. The third-order valence-electron chi connectivity index (χ3n) is 3.01. The van der Waals surface area contributed by atoms with E-state index < -0.39 is 17.7 Å². The molecular weight excluding hydrogens is 264 g/mol. The minimum Gasteiger partial charge on any atom is -0.387 e. The minimum atomic E-state index is -1.08. The first-order chi connectivity index (χ1) is 9.45. The Morgan fingerprint density at radius 2 is 2.15 bits per heavy atom. The summed E-state index contributed by atoms with van der Waals surface area (Å²) in [6, 6.07) is 3.08. The van der Waals surface area contributed by atoms with Gasteiger partial charge < -0.3 is 5.11 Å². The van der Waals surface area contributed by atoms with Crippen LogP contribution in [-0.4, -0.2) is 33.4 Å². The molecule has 2 aromatic rings. The third kappa shape index (κ3) is 3.61. The van der Waals surface area contributed by atoms with Crippen LogP contribution in [0.15, 0.2) is 30.6 Å². The summed E-state index contributed by atoms with van der Waals surface area (Å²) in [6.45, 7) is 0.775. The Bertz CT molecular complexity index is 586. The van der Waals surface area contributed by atoms with Crippen molar-refractivity contribution in [3.63, 3.8) is 0 Å². The highest BCUT2D eigenvalue weighted by Crippen LogP contribution is 2.19. The second-order valence-electron chi connectivity index (χ2n) is 4.90. The maximum atomic E-state index is 13.5. The SMILES string of the molecule is CN(Cc1cnn(C)c1)CC(O)c1cc(F)ccc1F. The predicted octanol–water partition coefficient (Wildman–Crippen LogP) is 1.86. The number of aryl methyl sites for hydroxylation is 1. The molecular formula is C14H17F2N3O. The predicted molar refractivity (Wildman–Crippen MR) is 70.9 cm³/mol. The smallest absolute Gasteiger partial charge is 0.129 e. The summed E-state index contributed by atoms with van der Waals surface area (Å²) in [4.78, 5) is 1.83. The van der Waals surface area contributed by atoms with Crippen LogP contribution < -0.4 is 0 Å². The van der Waals surface area contributed by atoms with Crippen LogP contribution in [0.25, 0.3) is 0 Å². The molecule has 108 valence electrons. The number of halogens is 2. The van der Waals surface area contributed by atoms with Crippen LogP contribution >= 0.6 is 0 Å². The van der Waals surface area contributed by atoms with Gasteiger partial charge in [-0.05, 0) is 25.2 Å². The summed E-state index contributed by atoms with van der Waals surface area (Å²) in [5.41, 5.74) is 0.963. The van der Waals surface area contributed by atoms with E-state index in [0.717, 1.165) is 23.8 Å². The van der Waals surface area contributed by atoms with Crippen LogP contribution in [0.3, 0.4) is 0 Å². The maximum absolute atomic E-state index is 13.5. The lowest BCUT2D eigenvalue weighted by Gasteiger charge is -2.20. The summed E-state index contributed by atoms with van der Waals surface area (Å²) in [5.74, 6) is -1.16. The monoisotopic (exact) mass is 281 g/mol. The van der Waals surface area contributed by atoms with Gasteiger partial charge in [0.1, 0.15) is 11.6 Å². The van der Waals surface area contributed by atoms with E-state index in [9.17, 15) is 13.9 Å². The van der Waals surface area contributed by atoms with Crippen LogP contribution in [0.2, 0.25) is 0 Å². The Hall–Kier alpha value is -1.79. The van der Waals surface area contributed by atoms with Gasteiger partial charge in [-0.1, -0.05) is 0 Å². The molecule has 2 rings (SSSR count). The Morgan fingerprint density at radius 1 is 1.40 bits per heavy atom. The number of benzene rings is 1. The molecule has 0 aliphatic heterocycles. The van der Waals surface area contributed by atoms with Crippen molar-refractivity contribution >= 4 is 0 Å². The van der Waals surface area contributed by atoms with E-state index in [2.05, 4.69) is 5.10 Å². The highest BCUT2D eigenvalue weighted by molar-refractivity contribution is 5.21. The molecule has 6 heteroatoms. The fourth-order valence-electron chi connectivity index (χ4n) is 2.09. The number of rotatable bonds is 5. The van der Waals surface area contributed by atoms with E-state index >= 15 is 0 Å². The fourth-order valence-corrected chi connectivity index (χ4v) is 2.09. The minimum absolute atomic E-state index is 0.0250. The average Bonchev–Trinajstić information content (AvgIpc) is 2.77. The van der Waals surface area contributed by atoms with Gasteiger partial charge >= 0.3 is 0 Å². The van der Waals surface area contributed by atoms with Crippen LogP contribution in [0.4, 0.5) is 8.78 Å². The van der Waals surface area contributed by atoms with Gasteiger partial charge in [0.2, 0.25) is 0 Å². The molecule has 0 aliphatic rings. The molecule has 0 aliphatic carbocycles. The van der Waals surface area contributed by atoms with Crippen molar-refractivity contribution in [2.75, 3.05) is 13.6 Å². The summed E-state index contributed by atoms with van der Waals surface area (Å²) in [7, 11) is 3.62. The number of aliphatic hydroxyl groups excluding tert-OH is 1. The molecule has 1 aromatic heterocycles. The largest absolute Gasteiger partial charge is 0.387 e. The first-order valence-corrected chi connectivity index (χ1v) is 6.25. The van der Waals surface area contributed by atoms with Crippen molar-refractivity contribution in [1.29, 1.82) is 0 Å². The molecule has 1 N–H and O–H groups in total. The van der Waals surface area contributed by atoms with Crippen molar-refractivity contribution in [1.82, 2.24) is 14.7 Å². The van der Waals surface area contributed by atoms with E-state index in [1.54, 1.807) is 17.9 Å². The van der Waals surface area contributed by atoms with Crippen molar-refractivity contribution in [2.45, 2.75) is 12.6 Å². The van der Waals surface area contributed by atoms with Gasteiger partial charge in [-0.25, -0.2) is 8.78 Å². The molecule has 1 heterocycles. The number of hydrogen-bond donors (Lipinski definition) is 1. The lowest BCUT2D eigenvalue weighted by molar-refractivity contribution is 0.120. The lowest BCUT2D eigenvalue weighted by Crippen LogP contribution is -2.24. The van der Waals surface area contributed by atoms with E-state index in [4.69, 9.17) is 0 Å². The van der Waals surface area contributed by atoms with Crippen molar-refractivity contribution < 1.29 is 13.9 Å². The lowest BCUT2D eigenvalue weighted by atomic mass is 10.1. The Kier molecular flexibility index (Phi) is 4.46. The standard InChI is InChI=1S/C14H17F2N3O/c1-18(7-10-6-17-19(2)8-10)9-14(20)12-5-11(15)3-4-13(12)16/h3-6,8,14,20H,7,9H2,1-2H3. The summed E-state index contributed by atoms with van der Waals surface area (Å²) >= 11 is 0. The first kappa shape index (κ1) is 14.6. The molecule has 20 heavy (non-hydrogen) atoms. The molecule has 0 saturated carbocycles. The maximum Gasteiger partial charge on any atom is 0.129 e. The third-order valence-corrected chi connectivity index (χ3v) is 3.01. The van der Waals surface area contributed by atoms with Gasteiger partial charge in [-0.3, -0.25) is 9.58 Å². The zero-order valence-electron chi connectivity index (χ0n) is 11.4. The van der Waals surface area contributed by atoms with E-state index in [0.29, 0.717) is 6.54 Å². The Balaban J connectivity index is 1.99.